The second kappa shape index (κ2) is 6.27. The molecule has 3 aliphatic rings. The molecule has 2 saturated heterocycles. The summed E-state index contributed by atoms with van der Waals surface area (Å²) in [4.78, 5) is 25.3. The maximum atomic E-state index is 12.1. The van der Waals surface area contributed by atoms with Crippen LogP contribution in [-0.4, -0.2) is 41.0 Å². The van der Waals surface area contributed by atoms with E-state index >= 15 is 0 Å². The number of benzene rings is 1. The quantitative estimate of drug-likeness (QED) is 0.698. The summed E-state index contributed by atoms with van der Waals surface area (Å²) in [7, 11) is 0. The van der Waals surface area contributed by atoms with Gasteiger partial charge in [0.25, 0.3) is 0 Å². The van der Waals surface area contributed by atoms with Crippen molar-refractivity contribution in [1.82, 2.24) is 15.5 Å². The molecule has 2 atom stereocenters. The molecule has 6 heteroatoms. The molecule has 24 heavy (non-hydrogen) atoms. The number of imide groups is 1. The van der Waals surface area contributed by atoms with Crippen LogP contribution in [0.25, 0.3) is 0 Å². The van der Waals surface area contributed by atoms with Crippen molar-refractivity contribution in [2.24, 2.45) is 0 Å². The van der Waals surface area contributed by atoms with Gasteiger partial charge in [-0.05, 0) is 55.0 Å². The number of amides is 2. The second-order valence-corrected chi connectivity index (χ2v) is 7.00. The first kappa shape index (κ1) is 15.7. The van der Waals surface area contributed by atoms with E-state index in [0.29, 0.717) is 25.3 Å². The zero-order chi connectivity index (χ0) is 16.7. The molecule has 6 nitrogen and oxygen atoms in total. The molecule has 3 N–H and O–H groups in total. The Bertz CT molecular complexity index is 669. The third kappa shape index (κ3) is 2.75. The molecule has 0 aliphatic carbocycles. The van der Waals surface area contributed by atoms with Gasteiger partial charge >= 0.3 is 0 Å². The van der Waals surface area contributed by atoms with Gasteiger partial charge in [0.2, 0.25) is 11.8 Å². The predicted molar refractivity (Wildman–Crippen MR) is 88.0 cm³/mol. The van der Waals surface area contributed by atoms with E-state index < -0.39 is 12.3 Å². The Labute approximate surface area is 141 Å². The van der Waals surface area contributed by atoms with Crippen molar-refractivity contribution in [1.29, 1.82) is 0 Å². The first-order valence-electron chi connectivity index (χ1n) is 8.74. The lowest BCUT2D eigenvalue weighted by molar-refractivity contribution is -0.141. The fourth-order valence-electron chi connectivity index (χ4n) is 4.16. The van der Waals surface area contributed by atoms with E-state index in [4.69, 9.17) is 0 Å². The number of aliphatic hydroxyl groups excluding tert-OH is 1. The van der Waals surface area contributed by atoms with Crippen LogP contribution in [0, 0.1) is 0 Å². The van der Waals surface area contributed by atoms with Crippen LogP contribution in [-0.2, 0) is 16.1 Å². The molecule has 1 aromatic rings. The molecule has 0 saturated carbocycles. The monoisotopic (exact) mass is 329 g/mol. The smallest absolute Gasteiger partial charge is 0.244 e. The van der Waals surface area contributed by atoms with E-state index in [1.54, 1.807) is 4.90 Å². The summed E-state index contributed by atoms with van der Waals surface area (Å²) in [5.41, 5.74) is 3.31. The normalized spacial score (nSPS) is 28.7. The SMILES string of the molecule is O=C1CCC(N2Cc3cc(C4CCNCC4)ccc3C2O)C(=O)N1. The van der Waals surface area contributed by atoms with Gasteiger partial charge in [0, 0.05) is 13.0 Å². The average molecular weight is 329 g/mol. The first-order valence-corrected chi connectivity index (χ1v) is 8.74. The summed E-state index contributed by atoms with van der Waals surface area (Å²) in [5, 5.41) is 16.4. The lowest BCUT2D eigenvalue weighted by Gasteiger charge is -2.31. The van der Waals surface area contributed by atoms with Gasteiger partial charge in [-0.25, -0.2) is 0 Å². The Morgan fingerprint density at radius 2 is 1.92 bits per heavy atom. The zero-order valence-corrected chi connectivity index (χ0v) is 13.6. The number of carbonyl (C=O) groups excluding carboxylic acids is 2. The van der Waals surface area contributed by atoms with Gasteiger partial charge in [-0.1, -0.05) is 18.2 Å². The summed E-state index contributed by atoms with van der Waals surface area (Å²) in [5.74, 6) is 0.0469. The van der Waals surface area contributed by atoms with E-state index in [0.717, 1.165) is 37.1 Å². The highest BCUT2D eigenvalue weighted by Crippen LogP contribution is 2.37. The van der Waals surface area contributed by atoms with Gasteiger partial charge in [-0.3, -0.25) is 19.8 Å². The van der Waals surface area contributed by atoms with Crippen LogP contribution in [0.1, 0.15) is 54.5 Å². The molecule has 1 aromatic carbocycles. The number of fused-ring (bicyclic) bond motifs is 1. The summed E-state index contributed by atoms with van der Waals surface area (Å²) in [6.07, 6.45) is 2.30. The number of aliphatic hydroxyl groups is 1. The molecule has 2 unspecified atom stereocenters. The molecular weight excluding hydrogens is 306 g/mol. The Balaban J connectivity index is 1.54. The average Bonchev–Trinajstić information content (AvgIpc) is 2.92. The van der Waals surface area contributed by atoms with Crippen LogP contribution in [0.15, 0.2) is 18.2 Å². The standard InChI is InChI=1S/C18H23N3O3/c22-16-4-3-15(17(23)20-16)21-10-13-9-12(1-2-14(13)18(21)24)11-5-7-19-8-6-11/h1-2,9,11,15,18-19,24H,3-8,10H2,(H,20,22,23). The van der Waals surface area contributed by atoms with Gasteiger partial charge in [0.1, 0.15) is 6.23 Å². The third-order valence-electron chi connectivity index (χ3n) is 5.53. The Morgan fingerprint density at radius 3 is 2.67 bits per heavy atom. The minimum atomic E-state index is -0.772. The van der Waals surface area contributed by atoms with Crippen LogP contribution >= 0.6 is 0 Å². The van der Waals surface area contributed by atoms with Crippen LogP contribution in [0.2, 0.25) is 0 Å². The maximum absolute atomic E-state index is 12.1. The number of nitrogens with zero attached hydrogens (tertiary/aromatic N) is 1. The van der Waals surface area contributed by atoms with Crippen molar-refractivity contribution in [2.45, 2.75) is 50.4 Å². The Morgan fingerprint density at radius 1 is 1.12 bits per heavy atom. The largest absolute Gasteiger partial charge is 0.374 e. The molecule has 4 rings (SSSR count). The number of nitrogens with one attached hydrogen (secondary N) is 2. The highest BCUT2D eigenvalue weighted by Gasteiger charge is 2.39. The van der Waals surface area contributed by atoms with Crippen LogP contribution < -0.4 is 10.6 Å². The molecule has 0 aromatic heterocycles. The van der Waals surface area contributed by atoms with Crippen molar-refractivity contribution in [3.63, 3.8) is 0 Å². The highest BCUT2D eigenvalue weighted by molar-refractivity contribution is 6.00. The van der Waals surface area contributed by atoms with E-state index in [1.165, 1.54) is 5.56 Å². The van der Waals surface area contributed by atoms with Gasteiger partial charge in [0.15, 0.2) is 0 Å². The van der Waals surface area contributed by atoms with Crippen LogP contribution in [0.3, 0.4) is 0 Å². The molecule has 3 aliphatic heterocycles. The third-order valence-corrected chi connectivity index (χ3v) is 5.53. The Kier molecular flexibility index (Phi) is 4.12. The first-order chi connectivity index (χ1) is 11.6. The van der Waals surface area contributed by atoms with Crippen molar-refractivity contribution < 1.29 is 14.7 Å². The molecule has 3 heterocycles. The number of rotatable bonds is 2. The molecule has 128 valence electrons. The van der Waals surface area contributed by atoms with E-state index in [9.17, 15) is 14.7 Å². The van der Waals surface area contributed by atoms with Crippen molar-refractivity contribution in [2.75, 3.05) is 13.1 Å². The summed E-state index contributed by atoms with van der Waals surface area (Å²) >= 11 is 0. The maximum Gasteiger partial charge on any atom is 0.244 e. The van der Waals surface area contributed by atoms with Gasteiger partial charge in [-0.15, -0.1) is 0 Å². The van der Waals surface area contributed by atoms with E-state index in [-0.39, 0.29) is 11.8 Å². The predicted octanol–water partition coefficient (Wildman–Crippen LogP) is 0.765. The van der Waals surface area contributed by atoms with Crippen molar-refractivity contribution >= 4 is 11.8 Å². The minimum absolute atomic E-state index is 0.226. The molecule has 0 radical (unpaired) electrons. The van der Waals surface area contributed by atoms with Gasteiger partial charge in [-0.2, -0.15) is 0 Å². The second-order valence-electron chi connectivity index (χ2n) is 7.00. The number of piperidine rings is 2. The van der Waals surface area contributed by atoms with Crippen molar-refractivity contribution in [3.05, 3.63) is 34.9 Å². The highest BCUT2D eigenvalue weighted by atomic mass is 16.3. The summed E-state index contributed by atoms with van der Waals surface area (Å²) in [6.45, 7) is 2.65. The van der Waals surface area contributed by atoms with Gasteiger partial charge < -0.3 is 10.4 Å². The molecular formula is C18H23N3O3. The lowest BCUT2D eigenvalue weighted by atomic mass is 9.88. The van der Waals surface area contributed by atoms with Crippen LogP contribution in [0.4, 0.5) is 0 Å². The van der Waals surface area contributed by atoms with E-state index in [1.807, 2.05) is 6.07 Å². The molecule has 2 fully saturated rings. The number of carbonyl (C=O) groups is 2. The molecule has 0 bridgehead atoms. The van der Waals surface area contributed by atoms with Crippen LogP contribution in [0.5, 0.6) is 0 Å². The topological polar surface area (TPSA) is 81.7 Å². The fourth-order valence-corrected chi connectivity index (χ4v) is 4.16. The summed E-state index contributed by atoms with van der Waals surface area (Å²) < 4.78 is 0. The Hall–Kier alpha value is -1.76. The van der Waals surface area contributed by atoms with E-state index in [2.05, 4.69) is 22.8 Å². The zero-order valence-electron chi connectivity index (χ0n) is 13.6. The number of hydrogen-bond donors (Lipinski definition) is 3. The number of hydrogen-bond acceptors (Lipinski definition) is 5. The molecule has 0 spiro atoms. The summed E-state index contributed by atoms with van der Waals surface area (Å²) in [6, 6.07) is 5.88. The van der Waals surface area contributed by atoms with Crippen molar-refractivity contribution in [3.8, 4) is 0 Å². The fraction of sp³-hybridized carbons (Fsp3) is 0.556. The van der Waals surface area contributed by atoms with Gasteiger partial charge in [0.05, 0.1) is 6.04 Å². The minimum Gasteiger partial charge on any atom is -0.374 e. The lowest BCUT2D eigenvalue weighted by Crippen LogP contribution is -2.51. The molecule has 2 amide bonds.